The van der Waals surface area contributed by atoms with E-state index in [4.69, 9.17) is 15.6 Å². The van der Waals surface area contributed by atoms with Crippen molar-refractivity contribution in [2.75, 3.05) is 32.0 Å². The minimum Gasteiger partial charge on any atom is -0.431 e. The summed E-state index contributed by atoms with van der Waals surface area (Å²) in [5.74, 6) is 1.30. The quantitative estimate of drug-likeness (QED) is 0.639. The Morgan fingerprint density at radius 3 is 2.74 bits per heavy atom. The van der Waals surface area contributed by atoms with Gasteiger partial charge in [-0.2, -0.15) is 13.9 Å². The molecular formula is C24H32F3N5O2. The molecule has 10 heteroatoms. The fourth-order valence-corrected chi connectivity index (χ4v) is 5.78. The van der Waals surface area contributed by atoms with Gasteiger partial charge in [-0.1, -0.05) is 6.92 Å². The number of hydrogen-bond acceptors (Lipinski definition) is 6. The summed E-state index contributed by atoms with van der Waals surface area (Å²) in [5.41, 5.74) is 8.15. The number of anilines is 1. The van der Waals surface area contributed by atoms with Gasteiger partial charge in [0.05, 0.1) is 18.9 Å². The van der Waals surface area contributed by atoms with Crippen LogP contribution in [0.5, 0.6) is 5.75 Å². The number of nitrogens with zero attached hydrogens (tertiary/aromatic N) is 4. The second kappa shape index (κ2) is 9.37. The Bertz CT molecular complexity index is 1010. The van der Waals surface area contributed by atoms with Crippen LogP contribution in [0.3, 0.4) is 0 Å². The van der Waals surface area contributed by atoms with Gasteiger partial charge in [0.25, 0.3) is 0 Å². The van der Waals surface area contributed by atoms with Crippen LogP contribution in [-0.4, -0.2) is 64.8 Å². The molecule has 7 nitrogen and oxygen atoms in total. The van der Waals surface area contributed by atoms with Gasteiger partial charge in [0.1, 0.15) is 6.17 Å². The highest BCUT2D eigenvalue weighted by molar-refractivity contribution is 5.64. The van der Waals surface area contributed by atoms with Gasteiger partial charge in [0, 0.05) is 48.5 Å². The summed E-state index contributed by atoms with van der Waals surface area (Å²) in [6, 6.07) is 4.14. The van der Waals surface area contributed by atoms with Crippen LogP contribution in [-0.2, 0) is 4.74 Å². The zero-order chi connectivity index (χ0) is 24.0. The first-order chi connectivity index (χ1) is 16.4. The van der Waals surface area contributed by atoms with E-state index in [0.29, 0.717) is 48.2 Å². The molecule has 0 radical (unpaired) electrons. The number of pyridine rings is 1. The fraction of sp³-hybridized carbons (Fsp3) is 0.667. The lowest BCUT2D eigenvalue weighted by Crippen LogP contribution is -2.39. The molecule has 0 bridgehead atoms. The van der Waals surface area contributed by atoms with Gasteiger partial charge in [-0.05, 0) is 50.2 Å². The van der Waals surface area contributed by atoms with Gasteiger partial charge in [-0.25, -0.2) is 9.37 Å². The molecule has 34 heavy (non-hydrogen) atoms. The third-order valence-corrected chi connectivity index (χ3v) is 7.70. The standard InChI is InChI=1S/C24H32F3N5O2/c1-3-13(2)32-20(9-19(30-32)14-6-21(34-24(26)27)23(28)29-10-14)22-17-7-16(8-18(17)22)31-4-5-33-12-15(25)11-31/h6,9-10,13,15-18,22,24H,3-5,7-8,11-12H2,1-2H3,(H2,28,29). The van der Waals surface area contributed by atoms with Crippen LogP contribution in [0.2, 0.25) is 0 Å². The normalized spacial score (nSPS) is 30.2. The van der Waals surface area contributed by atoms with Crippen molar-refractivity contribution in [3.8, 4) is 17.0 Å². The monoisotopic (exact) mass is 479 g/mol. The summed E-state index contributed by atoms with van der Waals surface area (Å²) in [4.78, 5) is 6.30. The predicted molar refractivity (Wildman–Crippen MR) is 122 cm³/mol. The molecule has 2 aromatic rings. The van der Waals surface area contributed by atoms with Gasteiger partial charge >= 0.3 is 6.61 Å². The highest BCUT2D eigenvalue weighted by Gasteiger charge is 2.58. The summed E-state index contributed by atoms with van der Waals surface area (Å²) >= 11 is 0. The number of ether oxygens (including phenoxy) is 2. The van der Waals surface area contributed by atoms with E-state index in [9.17, 15) is 13.2 Å². The van der Waals surface area contributed by atoms with Crippen LogP contribution in [0.25, 0.3) is 11.3 Å². The van der Waals surface area contributed by atoms with Crippen LogP contribution in [0.1, 0.15) is 50.8 Å². The first-order valence-electron chi connectivity index (χ1n) is 12.1. The van der Waals surface area contributed by atoms with Crippen molar-refractivity contribution in [2.45, 2.75) is 63.9 Å². The maximum absolute atomic E-state index is 14.0. The van der Waals surface area contributed by atoms with Crippen LogP contribution in [0.15, 0.2) is 18.3 Å². The third-order valence-electron chi connectivity index (χ3n) is 7.70. The molecule has 3 heterocycles. The zero-order valence-corrected chi connectivity index (χ0v) is 19.5. The number of hydrogen-bond donors (Lipinski definition) is 1. The summed E-state index contributed by atoms with van der Waals surface area (Å²) < 4.78 is 51.5. The smallest absolute Gasteiger partial charge is 0.387 e. The van der Waals surface area contributed by atoms with Crippen molar-refractivity contribution in [3.05, 3.63) is 24.0 Å². The van der Waals surface area contributed by atoms with E-state index < -0.39 is 12.8 Å². The molecule has 0 aromatic carbocycles. The Morgan fingerprint density at radius 1 is 1.26 bits per heavy atom. The molecule has 0 amide bonds. The predicted octanol–water partition coefficient (Wildman–Crippen LogP) is 4.26. The first-order valence-corrected chi connectivity index (χ1v) is 12.1. The summed E-state index contributed by atoms with van der Waals surface area (Å²) in [6.45, 7) is 3.30. The molecule has 4 atom stereocenters. The van der Waals surface area contributed by atoms with Crippen molar-refractivity contribution < 1.29 is 22.6 Å². The SMILES string of the molecule is CCC(C)n1nc(-c2cnc(N)c(OC(F)F)c2)cc1C1C2CC(N3CCOCC(F)C3)CC21. The van der Waals surface area contributed by atoms with Crippen molar-refractivity contribution in [3.63, 3.8) is 0 Å². The molecule has 3 aliphatic rings. The molecule has 0 spiro atoms. The van der Waals surface area contributed by atoms with Crippen LogP contribution < -0.4 is 10.5 Å². The Morgan fingerprint density at radius 2 is 2.03 bits per heavy atom. The van der Waals surface area contributed by atoms with Crippen molar-refractivity contribution in [2.24, 2.45) is 11.8 Å². The Labute approximate surface area is 197 Å². The average molecular weight is 480 g/mol. The fourth-order valence-electron chi connectivity index (χ4n) is 5.78. The molecule has 2 aromatic heterocycles. The second-order valence-electron chi connectivity index (χ2n) is 9.79. The number of rotatable bonds is 7. The van der Waals surface area contributed by atoms with Crippen LogP contribution in [0.4, 0.5) is 19.0 Å². The van der Waals surface area contributed by atoms with Crippen molar-refractivity contribution in [1.82, 2.24) is 19.7 Å². The number of alkyl halides is 3. The highest BCUT2D eigenvalue weighted by Crippen LogP contribution is 2.64. The summed E-state index contributed by atoms with van der Waals surface area (Å²) in [7, 11) is 0. The van der Waals surface area contributed by atoms with E-state index in [0.717, 1.165) is 25.8 Å². The maximum Gasteiger partial charge on any atom is 0.387 e. The topological polar surface area (TPSA) is 78.4 Å². The Kier molecular flexibility index (Phi) is 6.45. The van der Waals surface area contributed by atoms with E-state index in [2.05, 4.69) is 39.2 Å². The van der Waals surface area contributed by atoms with E-state index in [1.165, 1.54) is 11.8 Å². The zero-order valence-electron chi connectivity index (χ0n) is 19.5. The van der Waals surface area contributed by atoms with Gasteiger partial charge in [-0.3, -0.25) is 9.58 Å². The van der Waals surface area contributed by atoms with E-state index >= 15 is 0 Å². The molecule has 1 saturated heterocycles. The van der Waals surface area contributed by atoms with Crippen LogP contribution in [0, 0.1) is 11.8 Å². The molecule has 186 valence electrons. The number of aromatic nitrogens is 3. The minimum atomic E-state index is -2.98. The third kappa shape index (κ3) is 4.49. The van der Waals surface area contributed by atoms with Gasteiger partial charge < -0.3 is 15.2 Å². The summed E-state index contributed by atoms with van der Waals surface area (Å²) in [6.07, 6.45) is 3.65. The lowest BCUT2D eigenvalue weighted by Gasteiger charge is -2.29. The molecule has 1 aliphatic heterocycles. The molecule has 2 N–H and O–H groups in total. The largest absolute Gasteiger partial charge is 0.431 e. The number of fused-ring (bicyclic) bond motifs is 1. The summed E-state index contributed by atoms with van der Waals surface area (Å²) in [5, 5.41) is 4.84. The van der Waals surface area contributed by atoms with Gasteiger partial charge in [0.2, 0.25) is 0 Å². The number of nitrogen functional groups attached to an aromatic ring is 1. The lowest BCUT2D eigenvalue weighted by atomic mass is 10.0. The maximum atomic E-state index is 14.0. The van der Waals surface area contributed by atoms with E-state index in [1.54, 1.807) is 6.20 Å². The Balaban J connectivity index is 1.36. The number of halogens is 3. The van der Waals surface area contributed by atoms with Gasteiger partial charge in [0.15, 0.2) is 11.6 Å². The Hall–Kier alpha value is -2.33. The lowest BCUT2D eigenvalue weighted by molar-refractivity contribution is -0.0494. The molecule has 2 saturated carbocycles. The van der Waals surface area contributed by atoms with E-state index in [-0.39, 0.29) is 24.2 Å². The molecular weight excluding hydrogens is 447 g/mol. The van der Waals surface area contributed by atoms with Crippen LogP contribution >= 0.6 is 0 Å². The minimum absolute atomic E-state index is 0.0807. The average Bonchev–Trinajstić information content (AvgIpc) is 3.14. The molecule has 4 unspecified atom stereocenters. The molecule has 5 rings (SSSR count). The number of nitrogens with two attached hydrogens (primary N) is 1. The first kappa shape index (κ1) is 23.4. The van der Waals surface area contributed by atoms with Crippen molar-refractivity contribution in [1.29, 1.82) is 0 Å². The molecule has 2 aliphatic carbocycles. The molecule has 3 fully saturated rings. The van der Waals surface area contributed by atoms with Gasteiger partial charge in [-0.15, -0.1) is 0 Å². The highest BCUT2D eigenvalue weighted by atomic mass is 19.3. The van der Waals surface area contributed by atoms with E-state index in [1.807, 2.05) is 0 Å². The van der Waals surface area contributed by atoms with Crippen molar-refractivity contribution >= 4 is 5.82 Å². The second-order valence-corrected chi connectivity index (χ2v) is 9.79.